The summed E-state index contributed by atoms with van der Waals surface area (Å²) in [6.45, 7) is 13.2. The van der Waals surface area contributed by atoms with Crippen molar-refractivity contribution in [2.45, 2.75) is 51.6 Å². The maximum atomic E-state index is 6.68. The van der Waals surface area contributed by atoms with Crippen LogP contribution in [0.2, 0.25) is 10.1 Å². The van der Waals surface area contributed by atoms with Gasteiger partial charge in [0.05, 0.1) is 0 Å². The summed E-state index contributed by atoms with van der Waals surface area (Å²) >= 11 is 12.7. The Balaban J connectivity index is 4.95. The Kier molecular flexibility index (Phi) is 3.74. The predicted molar refractivity (Wildman–Crippen MR) is 61.8 cm³/mol. The molecule has 0 amide bonds. The monoisotopic (exact) mass is 226 g/mol. The zero-order chi connectivity index (χ0) is 10.2. The van der Waals surface area contributed by atoms with Crippen LogP contribution in [-0.2, 0) is 0 Å². The molecule has 74 valence electrons. The van der Waals surface area contributed by atoms with E-state index in [1.807, 2.05) is 0 Å². The Morgan fingerprint density at radius 1 is 0.917 bits per heavy atom. The van der Waals surface area contributed by atoms with Crippen LogP contribution in [0.5, 0.6) is 0 Å². The van der Waals surface area contributed by atoms with Gasteiger partial charge in [-0.3, -0.25) is 0 Å². The highest BCUT2D eigenvalue weighted by atomic mass is 35.6. The molecule has 0 saturated heterocycles. The van der Waals surface area contributed by atoms with E-state index >= 15 is 0 Å². The van der Waals surface area contributed by atoms with Crippen LogP contribution in [0, 0.1) is 0 Å². The van der Waals surface area contributed by atoms with E-state index in [1.54, 1.807) is 0 Å². The van der Waals surface area contributed by atoms with E-state index in [0.717, 1.165) is 0 Å². The Hall–Kier alpha value is 0.797. The summed E-state index contributed by atoms with van der Waals surface area (Å²) < 4.78 is 0. The molecule has 0 aromatic rings. The summed E-state index contributed by atoms with van der Waals surface area (Å²) in [5.74, 6) is 0. The van der Waals surface area contributed by atoms with Crippen LogP contribution in [-0.4, -0.2) is 12.9 Å². The lowest BCUT2D eigenvalue weighted by atomic mass is 10.2. The molecule has 0 nitrogen and oxygen atoms in total. The van der Waals surface area contributed by atoms with Gasteiger partial charge in [0.25, 0.3) is 0 Å². The van der Waals surface area contributed by atoms with Gasteiger partial charge in [-0.2, -0.15) is 11.1 Å². The average molecular weight is 227 g/mol. The quantitative estimate of drug-likeness (QED) is 0.350. The van der Waals surface area contributed by atoms with Crippen LogP contribution < -0.4 is 0 Å². The second-order valence-corrected chi connectivity index (χ2v) is 13.0. The van der Waals surface area contributed by atoms with Gasteiger partial charge in [-0.15, -0.1) is 11.6 Å². The minimum absolute atomic E-state index is 0.161. The largest absolute Gasteiger partial charge is 0.181 e. The van der Waals surface area contributed by atoms with Crippen molar-refractivity contribution in [1.29, 1.82) is 0 Å². The maximum Gasteiger partial charge on any atom is 0.181 e. The lowest BCUT2D eigenvalue weighted by Crippen LogP contribution is -2.48. The van der Waals surface area contributed by atoms with Gasteiger partial charge in [-0.05, 0) is 10.1 Å². The fourth-order valence-electron chi connectivity index (χ4n) is 1.53. The van der Waals surface area contributed by atoms with Crippen molar-refractivity contribution in [2.75, 3.05) is 5.50 Å². The second kappa shape index (κ2) is 3.51. The average Bonchev–Trinajstić information content (AvgIpc) is 1.81. The first kappa shape index (κ1) is 12.8. The third kappa shape index (κ3) is 2.18. The molecule has 0 radical (unpaired) electrons. The van der Waals surface area contributed by atoms with E-state index in [4.69, 9.17) is 22.7 Å². The summed E-state index contributed by atoms with van der Waals surface area (Å²) in [6, 6.07) is 0. The third-order valence-electron chi connectivity index (χ3n) is 2.56. The lowest BCUT2D eigenvalue weighted by molar-refractivity contribution is 0.636. The highest BCUT2D eigenvalue weighted by Gasteiger charge is 2.51. The van der Waals surface area contributed by atoms with Gasteiger partial charge in [-0.25, -0.2) is 0 Å². The van der Waals surface area contributed by atoms with Crippen LogP contribution in [0.15, 0.2) is 0 Å². The fourth-order valence-corrected chi connectivity index (χ4v) is 6.98. The van der Waals surface area contributed by atoms with Crippen molar-refractivity contribution >= 4 is 30.1 Å². The van der Waals surface area contributed by atoms with Gasteiger partial charge in [0.2, 0.25) is 0 Å². The zero-order valence-electron chi connectivity index (χ0n) is 8.96. The van der Waals surface area contributed by atoms with Gasteiger partial charge in [0.1, 0.15) is 0 Å². The van der Waals surface area contributed by atoms with E-state index in [2.05, 4.69) is 41.5 Å². The van der Waals surface area contributed by atoms with Crippen LogP contribution in [0.3, 0.4) is 0 Å². The summed E-state index contributed by atoms with van der Waals surface area (Å²) in [6.07, 6.45) is 0. The molecule has 3 heteroatoms. The molecule has 0 atom stereocenters. The van der Waals surface area contributed by atoms with Crippen molar-refractivity contribution in [3.63, 3.8) is 0 Å². The molecule has 0 aliphatic heterocycles. The van der Waals surface area contributed by atoms with E-state index in [9.17, 15) is 0 Å². The van der Waals surface area contributed by atoms with Gasteiger partial charge in [-0.1, -0.05) is 41.5 Å². The van der Waals surface area contributed by atoms with E-state index in [-0.39, 0.29) is 10.1 Å². The normalized spacial score (nSPS) is 15.0. The van der Waals surface area contributed by atoms with Crippen LogP contribution in [0.1, 0.15) is 41.5 Å². The molecular weight excluding hydrogens is 207 g/mol. The number of hydrogen-bond acceptors (Lipinski definition) is 0. The Morgan fingerprint density at radius 3 is 1.17 bits per heavy atom. The van der Waals surface area contributed by atoms with E-state index in [1.165, 1.54) is 0 Å². The molecular formula is C9H20Cl2Si. The Labute approximate surface area is 87.4 Å². The third-order valence-corrected chi connectivity index (χ3v) is 13.1. The molecule has 0 spiro atoms. The van der Waals surface area contributed by atoms with Crippen molar-refractivity contribution in [1.82, 2.24) is 0 Å². The second-order valence-electron chi connectivity index (χ2n) is 5.43. The topological polar surface area (TPSA) is 0 Å². The van der Waals surface area contributed by atoms with Crippen molar-refractivity contribution in [3.05, 3.63) is 0 Å². The predicted octanol–water partition coefficient (Wildman–Crippen LogP) is 4.55. The lowest BCUT2D eigenvalue weighted by Gasteiger charge is -2.45. The number of halogens is 2. The molecule has 0 unspecified atom stereocenters. The standard InChI is InChI=1S/C9H20Cl2Si/c1-8(2,3)12(11,7-10)9(4,5)6/h7H2,1-6H3. The van der Waals surface area contributed by atoms with Crippen molar-refractivity contribution in [2.24, 2.45) is 0 Å². The van der Waals surface area contributed by atoms with Gasteiger partial charge in [0, 0.05) is 5.50 Å². The van der Waals surface area contributed by atoms with Crippen LogP contribution in [0.4, 0.5) is 0 Å². The molecule has 0 bridgehead atoms. The van der Waals surface area contributed by atoms with Crippen molar-refractivity contribution in [3.8, 4) is 0 Å². The molecule has 0 aliphatic rings. The first-order valence-electron chi connectivity index (χ1n) is 4.31. The molecule has 0 saturated carbocycles. The van der Waals surface area contributed by atoms with Crippen LogP contribution >= 0.6 is 22.7 Å². The van der Waals surface area contributed by atoms with E-state index < -0.39 is 7.38 Å². The fraction of sp³-hybridized carbons (Fsp3) is 1.00. The number of rotatable bonds is 1. The smallest absolute Gasteiger partial charge is 0.165 e. The highest BCUT2D eigenvalue weighted by Crippen LogP contribution is 2.53. The molecule has 0 fully saturated rings. The summed E-state index contributed by atoms with van der Waals surface area (Å²) in [5, 5.41) is 0.323. The van der Waals surface area contributed by atoms with Crippen molar-refractivity contribution < 1.29 is 0 Å². The van der Waals surface area contributed by atoms with Gasteiger partial charge in [0.15, 0.2) is 7.38 Å². The molecule has 0 N–H and O–H groups in total. The molecule has 0 rings (SSSR count). The molecule has 0 heterocycles. The highest BCUT2D eigenvalue weighted by molar-refractivity contribution is 7.25. The maximum absolute atomic E-state index is 6.68. The number of hydrogen-bond donors (Lipinski definition) is 0. The van der Waals surface area contributed by atoms with Gasteiger partial charge < -0.3 is 0 Å². The Bertz CT molecular complexity index is 139. The number of alkyl halides is 1. The summed E-state index contributed by atoms with van der Waals surface area (Å²) in [5.41, 5.74) is 0.627. The molecule has 0 aliphatic carbocycles. The van der Waals surface area contributed by atoms with Crippen LogP contribution in [0.25, 0.3) is 0 Å². The molecule has 0 aromatic heterocycles. The van der Waals surface area contributed by atoms with E-state index in [0.29, 0.717) is 5.50 Å². The minimum Gasteiger partial charge on any atom is -0.165 e. The van der Waals surface area contributed by atoms with Gasteiger partial charge >= 0.3 is 0 Å². The zero-order valence-corrected chi connectivity index (χ0v) is 11.5. The Morgan fingerprint density at radius 2 is 1.17 bits per heavy atom. The summed E-state index contributed by atoms with van der Waals surface area (Å²) in [4.78, 5) is 0. The minimum atomic E-state index is -1.89. The SMILES string of the molecule is CC(C)(C)[Si](Cl)(CCl)C(C)(C)C. The summed E-state index contributed by atoms with van der Waals surface area (Å²) in [7, 11) is -1.89. The first-order chi connectivity index (χ1) is 5.06. The first-order valence-corrected chi connectivity index (χ1v) is 8.06. The molecule has 12 heavy (non-hydrogen) atoms. The molecule has 0 aromatic carbocycles.